The molecule has 9 heteroatoms. The molecule has 1 aliphatic heterocycles. The molecule has 0 unspecified atom stereocenters. The van der Waals surface area contributed by atoms with Gasteiger partial charge in [-0.2, -0.15) is 0 Å². The Labute approximate surface area is 180 Å². The molecule has 0 radical (unpaired) electrons. The number of nitrogens with one attached hydrogen (secondary N) is 2. The number of amides is 1. The molecule has 0 atom stereocenters. The van der Waals surface area contributed by atoms with E-state index in [1.165, 1.54) is 28.6 Å². The lowest BCUT2D eigenvalue weighted by molar-refractivity contribution is -0.903. The maximum atomic E-state index is 13.1. The lowest BCUT2D eigenvalue weighted by atomic mass is 10.1. The minimum atomic E-state index is -0.278. The average molecular weight is 427 g/mol. The molecule has 3 aromatic rings. The van der Waals surface area contributed by atoms with Crippen LogP contribution < -0.4 is 26.1 Å². The predicted octanol–water partition coefficient (Wildman–Crippen LogP) is -0.838. The van der Waals surface area contributed by atoms with Gasteiger partial charge < -0.3 is 20.7 Å². The topological polar surface area (TPSA) is 107 Å². The zero-order valence-electron chi connectivity index (χ0n) is 17.9. The number of aromatic nitrogens is 3. The maximum Gasteiger partial charge on any atom is 0.278 e. The van der Waals surface area contributed by atoms with Gasteiger partial charge in [-0.1, -0.05) is 11.1 Å². The highest BCUT2D eigenvalue weighted by Crippen LogP contribution is 2.14. The van der Waals surface area contributed by atoms with E-state index in [1.54, 1.807) is 36.1 Å². The summed E-state index contributed by atoms with van der Waals surface area (Å²) in [5.74, 6) is -0.000847. The number of carbonyl (C=O) groups excluding carboxylic acids is 1. The van der Waals surface area contributed by atoms with E-state index >= 15 is 0 Å². The Balaban J connectivity index is 1.69. The van der Waals surface area contributed by atoms with Gasteiger partial charge in [-0.3, -0.25) is 14.0 Å². The number of anilines is 1. The third kappa shape index (κ3) is 4.38. The highest BCUT2D eigenvalue weighted by Gasteiger charge is 2.24. The molecule has 1 aliphatic rings. The molecule has 4 N–H and O–H groups in total. The van der Waals surface area contributed by atoms with E-state index in [2.05, 4.69) is 10.3 Å². The molecule has 1 saturated heterocycles. The summed E-state index contributed by atoms with van der Waals surface area (Å²) < 4.78 is 8.37. The van der Waals surface area contributed by atoms with E-state index in [4.69, 9.17) is 10.5 Å². The van der Waals surface area contributed by atoms with Crippen LogP contribution in [-0.4, -0.2) is 55.2 Å². The molecule has 31 heavy (non-hydrogen) atoms. The van der Waals surface area contributed by atoms with E-state index in [-0.39, 0.29) is 22.8 Å². The van der Waals surface area contributed by atoms with Gasteiger partial charge in [0.2, 0.25) is 11.5 Å². The lowest BCUT2D eigenvalue weighted by Crippen LogP contribution is -3.13. The summed E-state index contributed by atoms with van der Waals surface area (Å²) in [7, 11) is 1.59. The number of quaternary nitrogens is 1. The van der Waals surface area contributed by atoms with Crippen molar-refractivity contribution in [2.75, 3.05) is 45.6 Å². The van der Waals surface area contributed by atoms with Crippen LogP contribution in [0.15, 0.2) is 35.3 Å². The molecular weight excluding hydrogens is 396 g/mol. The number of fused-ring (bicyclic) bond motifs is 2. The van der Waals surface area contributed by atoms with Crippen molar-refractivity contribution in [3.63, 3.8) is 0 Å². The van der Waals surface area contributed by atoms with Crippen molar-refractivity contribution in [3.8, 4) is 0 Å². The van der Waals surface area contributed by atoms with E-state index in [9.17, 15) is 9.59 Å². The number of nitrogens with two attached hydrogens (primary N) is 1. The van der Waals surface area contributed by atoms with Gasteiger partial charge in [0.1, 0.15) is 10.9 Å². The number of hydrogen-bond acceptors (Lipinski definition) is 5. The molecule has 3 aromatic heterocycles. The monoisotopic (exact) mass is 426 g/mol. The van der Waals surface area contributed by atoms with Crippen molar-refractivity contribution < 1.29 is 19.0 Å². The normalized spacial score (nSPS) is 14.9. The Morgan fingerprint density at radius 1 is 1.32 bits per heavy atom. The molecule has 0 saturated carbocycles. The number of likely N-dealkylation sites (tertiary alicyclic amines) is 1. The molecule has 4 rings (SSSR count). The molecule has 164 valence electrons. The van der Waals surface area contributed by atoms with Gasteiger partial charge in [0.15, 0.2) is 0 Å². The number of nitrogen functional groups attached to an aromatic ring is 1. The number of rotatable bonds is 7. The van der Waals surface area contributed by atoms with Crippen LogP contribution in [0.25, 0.3) is 16.7 Å². The highest BCUT2D eigenvalue weighted by atomic mass is 16.5. The van der Waals surface area contributed by atoms with Crippen molar-refractivity contribution in [3.05, 3.63) is 46.4 Å². The molecule has 0 aliphatic carbocycles. The highest BCUT2D eigenvalue weighted by molar-refractivity contribution is 6.00. The van der Waals surface area contributed by atoms with Gasteiger partial charge in [0.05, 0.1) is 39.3 Å². The number of ether oxygens (including phenoxy) is 1. The van der Waals surface area contributed by atoms with Crippen LogP contribution in [0, 0.1) is 0 Å². The summed E-state index contributed by atoms with van der Waals surface area (Å²) in [5.41, 5.74) is 7.40. The molecule has 4 heterocycles. The summed E-state index contributed by atoms with van der Waals surface area (Å²) in [5, 5.41) is 3.33. The Morgan fingerprint density at radius 2 is 2.13 bits per heavy atom. The van der Waals surface area contributed by atoms with Gasteiger partial charge in [0, 0.05) is 13.3 Å². The third-order valence-electron chi connectivity index (χ3n) is 5.95. The van der Waals surface area contributed by atoms with Crippen LogP contribution in [0.4, 0.5) is 5.82 Å². The van der Waals surface area contributed by atoms with Gasteiger partial charge in [-0.25, -0.2) is 4.57 Å². The molecule has 0 bridgehead atoms. The second kappa shape index (κ2) is 9.40. The smallest absolute Gasteiger partial charge is 0.278 e. The molecule has 9 nitrogen and oxygen atoms in total. The van der Waals surface area contributed by atoms with Crippen LogP contribution in [0.1, 0.15) is 29.6 Å². The number of piperidine rings is 1. The van der Waals surface area contributed by atoms with Crippen LogP contribution in [0.3, 0.4) is 0 Å². The summed E-state index contributed by atoms with van der Waals surface area (Å²) in [6, 6.07) is 6.92. The Morgan fingerprint density at radius 3 is 2.90 bits per heavy atom. The van der Waals surface area contributed by atoms with Crippen molar-refractivity contribution in [2.45, 2.75) is 25.8 Å². The zero-order valence-corrected chi connectivity index (χ0v) is 17.9. The van der Waals surface area contributed by atoms with Crippen molar-refractivity contribution in [1.29, 1.82) is 0 Å². The minimum Gasteiger partial charge on any atom is -0.381 e. The quantitative estimate of drug-likeness (QED) is 0.338. The van der Waals surface area contributed by atoms with Gasteiger partial charge in [-0.05, 0) is 37.5 Å². The average Bonchev–Trinajstić information content (AvgIpc) is 2.79. The lowest BCUT2D eigenvalue weighted by Gasteiger charge is -2.23. The predicted molar refractivity (Wildman–Crippen MR) is 117 cm³/mol. The summed E-state index contributed by atoms with van der Waals surface area (Å²) in [6.45, 7) is 4.52. The first-order valence-electron chi connectivity index (χ1n) is 10.8. The van der Waals surface area contributed by atoms with Crippen LogP contribution in [0.5, 0.6) is 0 Å². The summed E-state index contributed by atoms with van der Waals surface area (Å²) >= 11 is 0. The Hall–Kier alpha value is -3.04. The van der Waals surface area contributed by atoms with Gasteiger partial charge in [-0.15, -0.1) is 0 Å². The second-order valence-electron chi connectivity index (χ2n) is 7.99. The molecule has 0 aromatic carbocycles. The fourth-order valence-corrected chi connectivity index (χ4v) is 4.24. The SMILES string of the molecule is COCC[n+]1c(N)c(C(=O)NCC[NH+]2CCCCC2)cc2c(=O)n3ccccc3nc21. The van der Waals surface area contributed by atoms with E-state index in [1.807, 2.05) is 6.07 Å². The number of nitrogens with zero attached hydrogens (tertiary/aromatic N) is 3. The molecule has 0 spiro atoms. The third-order valence-corrected chi connectivity index (χ3v) is 5.95. The Kier molecular flexibility index (Phi) is 6.43. The van der Waals surface area contributed by atoms with Gasteiger partial charge >= 0.3 is 0 Å². The number of pyridine rings is 2. The first-order chi connectivity index (χ1) is 15.1. The second-order valence-corrected chi connectivity index (χ2v) is 7.99. The maximum absolute atomic E-state index is 13.1. The number of methoxy groups -OCH3 is 1. The van der Waals surface area contributed by atoms with Crippen molar-refractivity contribution in [1.82, 2.24) is 14.7 Å². The number of carbonyl (C=O) groups is 1. The largest absolute Gasteiger partial charge is 0.381 e. The first kappa shape index (κ1) is 21.2. The summed E-state index contributed by atoms with van der Waals surface area (Å²) in [4.78, 5) is 32.2. The number of hydrogen-bond donors (Lipinski definition) is 3. The van der Waals surface area contributed by atoms with E-state index in [0.717, 1.165) is 19.6 Å². The van der Waals surface area contributed by atoms with E-state index in [0.29, 0.717) is 36.4 Å². The van der Waals surface area contributed by atoms with Crippen LogP contribution in [-0.2, 0) is 11.3 Å². The Bertz CT molecular complexity index is 1150. The van der Waals surface area contributed by atoms with Crippen molar-refractivity contribution >= 4 is 28.4 Å². The standard InChI is InChI=1S/C22H28N6O3/c1-31-14-13-28-19(23)16(21(29)24-8-12-26-9-4-2-5-10-26)15-17-20(28)25-18-7-3-6-11-27(18)22(17)30/h3,6-7,11,15,23H,2,4-5,8-10,12-14H2,1H3,(H,24,29)/p+2. The molecule has 1 fully saturated rings. The minimum absolute atomic E-state index is 0.237. The first-order valence-corrected chi connectivity index (χ1v) is 10.8. The summed E-state index contributed by atoms with van der Waals surface area (Å²) in [6.07, 6.45) is 5.45. The van der Waals surface area contributed by atoms with Gasteiger partial charge in [0.25, 0.3) is 17.1 Å². The van der Waals surface area contributed by atoms with Crippen LogP contribution >= 0.6 is 0 Å². The zero-order chi connectivity index (χ0) is 21.8. The van der Waals surface area contributed by atoms with E-state index < -0.39 is 0 Å². The fourth-order valence-electron chi connectivity index (χ4n) is 4.24. The molecule has 1 amide bonds. The fraction of sp³-hybridized carbons (Fsp3) is 0.455. The molecular formula is C22H30N6O3+2. The van der Waals surface area contributed by atoms with Crippen LogP contribution in [0.2, 0.25) is 0 Å². The van der Waals surface area contributed by atoms with Crippen molar-refractivity contribution in [2.24, 2.45) is 0 Å².